The number of benzene rings is 3. The Morgan fingerprint density at radius 2 is 1.38 bits per heavy atom. The number of rotatable bonds is 6. The molecule has 0 aliphatic rings. The first-order valence-electron chi connectivity index (χ1n) is 10.9. The lowest BCUT2D eigenvalue weighted by atomic mass is 10.0. The molecule has 0 saturated carbocycles. The van der Waals surface area contributed by atoms with Crippen molar-refractivity contribution in [1.82, 2.24) is 19.5 Å². The summed E-state index contributed by atoms with van der Waals surface area (Å²) in [7, 11) is 0. The molecule has 0 saturated heterocycles. The fourth-order valence-electron chi connectivity index (χ4n) is 3.95. The van der Waals surface area contributed by atoms with Crippen LogP contribution >= 0.6 is 0 Å². The second kappa shape index (κ2) is 8.63. The quantitative estimate of drug-likeness (QED) is 0.348. The third kappa shape index (κ3) is 3.85. The van der Waals surface area contributed by atoms with Crippen LogP contribution in [0.2, 0.25) is 0 Å². The summed E-state index contributed by atoms with van der Waals surface area (Å²) in [6, 6.07) is 29.5. The van der Waals surface area contributed by atoms with Gasteiger partial charge in [-0.15, -0.1) is 0 Å². The van der Waals surface area contributed by atoms with Gasteiger partial charge >= 0.3 is 0 Å². The summed E-state index contributed by atoms with van der Waals surface area (Å²) >= 11 is 0. The first kappa shape index (κ1) is 19.9. The predicted molar refractivity (Wildman–Crippen MR) is 130 cm³/mol. The van der Waals surface area contributed by atoms with E-state index in [0.29, 0.717) is 6.54 Å². The van der Waals surface area contributed by atoms with Crippen LogP contribution in [0.15, 0.2) is 91.3 Å². The lowest BCUT2D eigenvalue weighted by Gasteiger charge is -2.13. The maximum absolute atomic E-state index is 4.99. The summed E-state index contributed by atoms with van der Waals surface area (Å²) in [6.45, 7) is 4.99. The maximum atomic E-state index is 4.99. The van der Waals surface area contributed by atoms with Gasteiger partial charge in [0.1, 0.15) is 12.2 Å². The molecule has 5 nitrogen and oxygen atoms in total. The number of imidazole rings is 1. The van der Waals surface area contributed by atoms with Gasteiger partial charge in [0.25, 0.3) is 0 Å². The lowest BCUT2D eigenvalue weighted by Crippen LogP contribution is -2.05. The number of fused-ring (bicyclic) bond motifs is 1. The molecule has 32 heavy (non-hydrogen) atoms. The van der Waals surface area contributed by atoms with Crippen molar-refractivity contribution in [2.75, 3.05) is 5.32 Å². The Hall–Kier alpha value is -3.99. The largest absolute Gasteiger partial charge is 0.364 e. The van der Waals surface area contributed by atoms with Crippen LogP contribution in [0.5, 0.6) is 0 Å². The van der Waals surface area contributed by atoms with Crippen molar-refractivity contribution in [1.29, 1.82) is 0 Å². The van der Waals surface area contributed by atoms with Gasteiger partial charge in [-0.25, -0.2) is 15.0 Å². The summed E-state index contributed by atoms with van der Waals surface area (Å²) in [5, 5.41) is 3.44. The summed E-state index contributed by atoms with van der Waals surface area (Å²) in [5.74, 6) is 1.65. The van der Waals surface area contributed by atoms with Crippen LogP contribution in [0.4, 0.5) is 5.82 Å². The molecule has 0 aliphatic carbocycles. The van der Waals surface area contributed by atoms with E-state index in [1.807, 2.05) is 24.3 Å². The van der Waals surface area contributed by atoms with Crippen LogP contribution in [0.3, 0.4) is 0 Å². The third-order valence-corrected chi connectivity index (χ3v) is 5.55. The van der Waals surface area contributed by atoms with E-state index in [1.54, 1.807) is 6.33 Å². The zero-order valence-corrected chi connectivity index (χ0v) is 18.2. The SMILES string of the molecule is CC(C)n1c(-c2ccc(-c3ccccc3)cc2)nc2c(NCc3ccccc3)ncnc21. The fourth-order valence-corrected chi connectivity index (χ4v) is 3.95. The van der Waals surface area contributed by atoms with E-state index in [2.05, 4.69) is 94.4 Å². The molecule has 0 fully saturated rings. The van der Waals surface area contributed by atoms with Gasteiger partial charge < -0.3 is 9.88 Å². The Morgan fingerprint density at radius 3 is 2.06 bits per heavy atom. The first-order valence-corrected chi connectivity index (χ1v) is 10.9. The molecule has 5 aromatic rings. The third-order valence-electron chi connectivity index (χ3n) is 5.55. The minimum atomic E-state index is 0.209. The van der Waals surface area contributed by atoms with E-state index in [-0.39, 0.29) is 6.04 Å². The van der Waals surface area contributed by atoms with E-state index >= 15 is 0 Å². The molecule has 3 aromatic carbocycles. The number of hydrogen-bond donors (Lipinski definition) is 1. The van der Waals surface area contributed by atoms with Crippen molar-refractivity contribution in [2.45, 2.75) is 26.4 Å². The molecule has 0 radical (unpaired) electrons. The molecule has 5 heteroatoms. The Kier molecular flexibility index (Phi) is 5.38. The van der Waals surface area contributed by atoms with Crippen molar-refractivity contribution >= 4 is 17.0 Å². The Balaban J connectivity index is 1.53. The van der Waals surface area contributed by atoms with E-state index in [4.69, 9.17) is 4.98 Å². The van der Waals surface area contributed by atoms with Crippen molar-refractivity contribution in [3.63, 3.8) is 0 Å². The summed E-state index contributed by atoms with van der Waals surface area (Å²) in [5.41, 5.74) is 6.28. The minimum Gasteiger partial charge on any atom is -0.364 e. The summed E-state index contributed by atoms with van der Waals surface area (Å²) in [4.78, 5) is 14.1. The van der Waals surface area contributed by atoms with Gasteiger partial charge in [0, 0.05) is 18.2 Å². The molecule has 5 rings (SSSR count). The van der Waals surface area contributed by atoms with Crippen LogP contribution in [0, 0.1) is 0 Å². The Morgan fingerprint density at radius 1 is 0.750 bits per heavy atom. The molecule has 0 spiro atoms. The molecule has 0 bridgehead atoms. The zero-order chi connectivity index (χ0) is 21.9. The number of hydrogen-bond acceptors (Lipinski definition) is 4. The number of anilines is 1. The van der Waals surface area contributed by atoms with Gasteiger partial charge in [0.05, 0.1) is 0 Å². The van der Waals surface area contributed by atoms with Gasteiger partial charge in [-0.05, 0) is 30.5 Å². The summed E-state index contributed by atoms with van der Waals surface area (Å²) in [6.07, 6.45) is 1.61. The molecule has 158 valence electrons. The number of nitrogens with one attached hydrogen (secondary N) is 1. The highest BCUT2D eigenvalue weighted by molar-refractivity contribution is 5.86. The number of aromatic nitrogens is 4. The second-order valence-corrected chi connectivity index (χ2v) is 8.08. The van der Waals surface area contributed by atoms with Gasteiger partial charge in [0.2, 0.25) is 0 Å². The summed E-state index contributed by atoms with van der Waals surface area (Å²) < 4.78 is 2.18. The van der Waals surface area contributed by atoms with E-state index in [9.17, 15) is 0 Å². The molecular weight excluding hydrogens is 394 g/mol. The van der Waals surface area contributed by atoms with Gasteiger partial charge in [0.15, 0.2) is 17.0 Å². The Labute approximate surface area is 187 Å². The molecule has 0 unspecified atom stereocenters. The first-order chi connectivity index (χ1) is 15.7. The number of nitrogens with zero attached hydrogens (tertiary/aromatic N) is 4. The second-order valence-electron chi connectivity index (χ2n) is 8.08. The van der Waals surface area contributed by atoms with Crippen LogP contribution in [-0.4, -0.2) is 19.5 Å². The van der Waals surface area contributed by atoms with Crippen LogP contribution in [0.1, 0.15) is 25.5 Å². The Bertz CT molecular complexity index is 1320. The van der Waals surface area contributed by atoms with E-state index < -0.39 is 0 Å². The maximum Gasteiger partial charge on any atom is 0.166 e. The molecule has 0 amide bonds. The van der Waals surface area contributed by atoms with Crippen LogP contribution < -0.4 is 5.32 Å². The highest BCUT2D eigenvalue weighted by Gasteiger charge is 2.19. The van der Waals surface area contributed by atoms with Crippen molar-refractivity contribution in [3.8, 4) is 22.5 Å². The fraction of sp³-hybridized carbons (Fsp3) is 0.148. The smallest absolute Gasteiger partial charge is 0.166 e. The average Bonchev–Trinajstić information content (AvgIpc) is 3.25. The van der Waals surface area contributed by atoms with Crippen LogP contribution in [-0.2, 0) is 6.54 Å². The van der Waals surface area contributed by atoms with Crippen molar-refractivity contribution in [3.05, 3.63) is 96.8 Å². The normalized spacial score (nSPS) is 11.2. The van der Waals surface area contributed by atoms with Gasteiger partial charge in [-0.3, -0.25) is 0 Å². The monoisotopic (exact) mass is 419 g/mol. The van der Waals surface area contributed by atoms with Crippen molar-refractivity contribution in [2.24, 2.45) is 0 Å². The van der Waals surface area contributed by atoms with Gasteiger partial charge in [-0.2, -0.15) is 0 Å². The molecule has 2 aromatic heterocycles. The van der Waals surface area contributed by atoms with Crippen LogP contribution in [0.25, 0.3) is 33.7 Å². The highest BCUT2D eigenvalue weighted by atomic mass is 15.2. The van der Waals surface area contributed by atoms with E-state index in [1.165, 1.54) is 16.7 Å². The topological polar surface area (TPSA) is 55.6 Å². The molecular formula is C27H25N5. The van der Waals surface area contributed by atoms with Crippen molar-refractivity contribution < 1.29 is 0 Å². The standard InChI is InChI=1S/C27H25N5/c1-19(2)32-26(23-15-13-22(14-16-23)21-11-7-4-8-12-21)31-24-25(29-18-30-27(24)32)28-17-20-9-5-3-6-10-20/h3-16,18-19H,17H2,1-2H3,(H,28,29,30). The molecule has 1 N–H and O–H groups in total. The average molecular weight is 420 g/mol. The lowest BCUT2D eigenvalue weighted by molar-refractivity contribution is 0.619. The van der Waals surface area contributed by atoms with E-state index in [0.717, 1.165) is 28.4 Å². The highest BCUT2D eigenvalue weighted by Crippen LogP contribution is 2.31. The van der Waals surface area contributed by atoms with Gasteiger partial charge in [-0.1, -0.05) is 84.9 Å². The predicted octanol–water partition coefficient (Wildman–Crippen LogP) is 6.35. The molecule has 0 atom stereocenters. The minimum absolute atomic E-state index is 0.209. The zero-order valence-electron chi connectivity index (χ0n) is 18.2. The molecule has 0 aliphatic heterocycles. The molecule has 2 heterocycles.